The molecule has 3 N–H and O–H groups in total. The van der Waals surface area contributed by atoms with Crippen LogP contribution >= 0.6 is 0 Å². The van der Waals surface area contributed by atoms with Crippen LogP contribution in [0.15, 0.2) is 0 Å². The third kappa shape index (κ3) is 6.36. The summed E-state index contributed by atoms with van der Waals surface area (Å²) in [5.41, 5.74) is 0. The van der Waals surface area contributed by atoms with Crippen LogP contribution in [-0.2, 0) is 4.79 Å². The predicted molar refractivity (Wildman–Crippen MR) is 50.6 cm³/mol. The maximum absolute atomic E-state index is 10.9. The van der Waals surface area contributed by atoms with Gasteiger partial charge in [-0.2, -0.15) is 0 Å². The van der Waals surface area contributed by atoms with Crippen molar-refractivity contribution in [1.29, 1.82) is 0 Å². The first kappa shape index (κ1) is 12.2. The van der Waals surface area contributed by atoms with Gasteiger partial charge < -0.3 is 15.6 Å². The Morgan fingerprint density at radius 2 is 2.15 bits per heavy atom. The van der Waals surface area contributed by atoms with Crippen LogP contribution in [0.25, 0.3) is 0 Å². The Morgan fingerprint density at radius 1 is 1.62 bits per heavy atom. The monoisotopic (exact) mass is 182 g/mol. The van der Waals surface area contributed by atoms with Crippen LogP contribution in [0.4, 0.5) is 4.79 Å². The molecule has 0 saturated heterocycles. The highest BCUT2D eigenvalue weighted by Gasteiger charge is 2.15. The second kappa shape index (κ2) is 5.77. The first-order chi connectivity index (χ1) is 5.93. The molecule has 2 radical (unpaired) electrons. The Bertz CT molecular complexity index is 198. The summed E-state index contributed by atoms with van der Waals surface area (Å²) < 4.78 is 0. The number of rotatable bonds is 5. The Balaban J connectivity index is 3.95. The van der Waals surface area contributed by atoms with Gasteiger partial charge in [-0.1, -0.05) is 0 Å². The summed E-state index contributed by atoms with van der Waals surface area (Å²) in [6.07, 6.45) is 0. The van der Waals surface area contributed by atoms with Gasteiger partial charge in [0.1, 0.15) is 0 Å². The minimum Gasteiger partial charge on any atom is -0.437 e. The molecule has 0 unspecified atom stereocenters. The SMILES string of the molecule is [B]C(=O)N[C@H](CNB(C)O)C(C)=O. The fraction of sp³-hybridized carbons (Fsp3) is 0.667. The van der Waals surface area contributed by atoms with Crippen LogP contribution in [-0.4, -0.2) is 44.1 Å². The van der Waals surface area contributed by atoms with Gasteiger partial charge in [0.15, 0.2) is 11.6 Å². The molecule has 0 aliphatic rings. The standard InChI is InChI=1S/C6H12B2N2O3/c1-4(11)5(10-6(7)12)3-9-8(2)13/h5,9,13H,3H2,1-2H3,(H,10,12)/t5-/m1/s1. The van der Waals surface area contributed by atoms with Crippen LogP contribution in [0.5, 0.6) is 0 Å². The first-order valence-electron chi connectivity index (χ1n) is 3.91. The van der Waals surface area contributed by atoms with E-state index in [4.69, 9.17) is 12.9 Å². The zero-order chi connectivity index (χ0) is 10.4. The van der Waals surface area contributed by atoms with E-state index in [2.05, 4.69) is 10.5 Å². The van der Waals surface area contributed by atoms with Gasteiger partial charge in [0.2, 0.25) is 7.85 Å². The topological polar surface area (TPSA) is 78.4 Å². The highest BCUT2D eigenvalue weighted by Crippen LogP contribution is 1.84. The van der Waals surface area contributed by atoms with Crippen molar-refractivity contribution in [3.63, 3.8) is 0 Å². The summed E-state index contributed by atoms with van der Waals surface area (Å²) in [5, 5.41) is 13.7. The lowest BCUT2D eigenvalue weighted by atomic mass is 9.88. The molecule has 0 rings (SSSR count). The minimum atomic E-state index is -0.757. The van der Waals surface area contributed by atoms with Gasteiger partial charge in [-0.05, 0) is 13.7 Å². The fourth-order valence-corrected chi connectivity index (χ4v) is 0.757. The molecule has 0 spiro atoms. The third-order valence-corrected chi connectivity index (χ3v) is 1.42. The van der Waals surface area contributed by atoms with Crippen molar-refractivity contribution < 1.29 is 14.6 Å². The molecule has 0 heterocycles. The summed E-state index contributed by atoms with van der Waals surface area (Å²) in [5.74, 6) is -0.973. The summed E-state index contributed by atoms with van der Waals surface area (Å²) in [6, 6.07) is -0.688. The normalized spacial score (nSPS) is 11.9. The van der Waals surface area contributed by atoms with Gasteiger partial charge in [-0.25, -0.2) is 0 Å². The number of Topliss-reactive ketones (excluding diaryl/α,β-unsaturated/α-hetero) is 1. The van der Waals surface area contributed by atoms with Crippen molar-refractivity contribution in [3.8, 4) is 0 Å². The Morgan fingerprint density at radius 3 is 2.46 bits per heavy atom. The van der Waals surface area contributed by atoms with Gasteiger partial charge in [-0.3, -0.25) is 9.59 Å². The lowest BCUT2D eigenvalue weighted by Crippen LogP contribution is -2.49. The van der Waals surface area contributed by atoms with Crippen LogP contribution < -0.4 is 10.5 Å². The van der Waals surface area contributed by atoms with Crippen molar-refractivity contribution in [1.82, 2.24) is 10.5 Å². The van der Waals surface area contributed by atoms with E-state index < -0.39 is 18.9 Å². The van der Waals surface area contributed by atoms with Gasteiger partial charge >= 0.3 is 7.05 Å². The van der Waals surface area contributed by atoms with E-state index in [1.54, 1.807) is 0 Å². The molecule has 0 aliphatic heterocycles. The molecule has 0 aromatic heterocycles. The molecular formula is C6H12B2N2O3. The molecule has 0 bridgehead atoms. The molecule has 70 valence electrons. The second-order valence-corrected chi connectivity index (χ2v) is 2.76. The van der Waals surface area contributed by atoms with E-state index in [-0.39, 0.29) is 12.3 Å². The van der Waals surface area contributed by atoms with Crippen LogP contribution in [0.1, 0.15) is 6.92 Å². The van der Waals surface area contributed by atoms with E-state index in [0.29, 0.717) is 0 Å². The predicted octanol–water partition coefficient (Wildman–Crippen LogP) is -1.48. The summed E-state index contributed by atoms with van der Waals surface area (Å²) in [6.45, 7) is 3.02. The Kier molecular flexibility index (Phi) is 5.41. The number of ketones is 1. The van der Waals surface area contributed by atoms with Crippen molar-refractivity contribution in [2.24, 2.45) is 0 Å². The molecule has 5 nitrogen and oxygen atoms in total. The van der Waals surface area contributed by atoms with Crippen LogP contribution in [0.3, 0.4) is 0 Å². The Hall–Kier alpha value is -0.810. The van der Waals surface area contributed by atoms with Crippen molar-refractivity contribution in [3.05, 3.63) is 0 Å². The molecule has 7 heteroatoms. The molecule has 0 aromatic rings. The minimum absolute atomic E-state index is 0.163. The molecule has 0 saturated carbocycles. The molecule has 0 fully saturated rings. The van der Waals surface area contributed by atoms with Gasteiger partial charge in [-0.15, -0.1) is 0 Å². The molecule has 1 amide bonds. The number of carbonyl (C=O) groups is 2. The highest BCUT2D eigenvalue weighted by atomic mass is 16.2. The van der Waals surface area contributed by atoms with E-state index in [1.165, 1.54) is 13.7 Å². The zero-order valence-electron chi connectivity index (χ0n) is 7.70. The number of hydrogen-bond donors (Lipinski definition) is 3. The van der Waals surface area contributed by atoms with Crippen molar-refractivity contribution >= 4 is 26.5 Å². The molecule has 13 heavy (non-hydrogen) atoms. The van der Waals surface area contributed by atoms with E-state index in [9.17, 15) is 9.59 Å². The lowest BCUT2D eigenvalue weighted by Gasteiger charge is -2.15. The zero-order valence-corrected chi connectivity index (χ0v) is 7.70. The van der Waals surface area contributed by atoms with Crippen LogP contribution in [0.2, 0.25) is 6.82 Å². The van der Waals surface area contributed by atoms with E-state index in [1.807, 2.05) is 0 Å². The third-order valence-electron chi connectivity index (χ3n) is 1.42. The van der Waals surface area contributed by atoms with Crippen molar-refractivity contribution in [2.75, 3.05) is 6.54 Å². The lowest BCUT2D eigenvalue weighted by molar-refractivity contribution is -0.118. The van der Waals surface area contributed by atoms with Gasteiger partial charge in [0, 0.05) is 6.54 Å². The highest BCUT2D eigenvalue weighted by molar-refractivity contribution is 6.57. The molecular weight excluding hydrogens is 170 g/mol. The maximum atomic E-state index is 10.9. The first-order valence-corrected chi connectivity index (χ1v) is 3.91. The molecule has 1 atom stereocenters. The maximum Gasteiger partial charge on any atom is 0.373 e. The largest absolute Gasteiger partial charge is 0.437 e. The van der Waals surface area contributed by atoms with Crippen LogP contribution in [0, 0.1) is 0 Å². The number of amides is 1. The second-order valence-electron chi connectivity index (χ2n) is 2.76. The average Bonchev–Trinajstić information content (AvgIpc) is 1.96. The quantitative estimate of drug-likeness (QED) is 0.453. The number of nitrogens with one attached hydrogen (secondary N) is 2. The number of carbonyl (C=O) groups excluding carboxylic acids is 2. The summed E-state index contributed by atoms with van der Waals surface area (Å²) >= 11 is 0. The van der Waals surface area contributed by atoms with E-state index in [0.717, 1.165) is 0 Å². The summed E-state index contributed by atoms with van der Waals surface area (Å²) in [7, 11) is 4.12. The van der Waals surface area contributed by atoms with E-state index >= 15 is 0 Å². The fourth-order valence-electron chi connectivity index (χ4n) is 0.757. The Labute approximate surface area is 78.8 Å². The van der Waals surface area contributed by atoms with Crippen molar-refractivity contribution in [2.45, 2.75) is 19.8 Å². The number of hydrogen-bond acceptors (Lipinski definition) is 4. The smallest absolute Gasteiger partial charge is 0.373 e. The molecule has 0 aliphatic carbocycles. The van der Waals surface area contributed by atoms with Gasteiger partial charge in [0.05, 0.1) is 6.04 Å². The average molecular weight is 182 g/mol. The van der Waals surface area contributed by atoms with Gasteiger partial charge in [0.25, 0.3) is 0 Å². The molecule has 0 aromatic carbocycles. The summed E-state index contributed by atoms with van der Waals surface area (Å²) in [4.78, 5) is 21.3.